The minimum Gasteiger partial charge on any atom is -0.459 e. The van der Waals surface area contributed by atoms with Gasteiger partial charge >= 0.3 is 5.97 Å². The van der Waals surface area contributed by atoms with Gasteiger partial charge < -0.3 is 9.47 Å². The number of carbonyl (C=O) groups excluding carboxylic acids is 1. The molecule has 1 saturated heterocycles. The molecule has 0 N–H and O–H groups in total. The van der Waals surface area contributed by atoms with Crippen molar-refractivity contribution in [2.75, 3.05) is 13.2 Å². The van der Waals surface area contributed by atoms with Crippen LogP contribution in [0.25, 0.3) is 0 Å². The quantitative estimate of drug-likeness (QED) is 0.596. The summed E-state index contributed by atoms with van der Waals surface area (Å²) in [6.45, 7) is 7.50. The monoisotopic (exact) mass is 234 g/mol. The first kappa shape index (κ1) is 12.1. The van der Waals surface area contributed by atoms with Crippen LogP contribution in [0.2, 0.25) is 0 Å². The van der Waals surface area contributed by atoms with Crippen LogP contribution in [0.3, 0.4) is 0 Å². The highest BCUT2D eigenvalue weighted by Crippen LogP contribution is 2.22. The van der Waals surface area contributed by atoms with Crippen LogP contribution in [0.15, 0.2) is 24.3 Å². The molecule has 0 saturated carbocycles. The second-order valence-corrected chi connectivity index (χ2v) is 5.38. The van der Waals surface area contributed by atoms with Gasteiger partial charge in [-0.05, 0) is 23.1 Å². The first-order valence-corrected chi connectivity index (χ1v) is 5.86. The van der Waals surface area contributed by atoms with Crippen LogP contribution >= 0.6 is 0 Å². The van der Waals surface area contributed by atoms with E-state index in [9.17, 15) is 4.79 Å². The van der Waals surface area contributed by atoms with Crippen LogP contribution in [-0.4, -0.2) is 25.3 Å². The molecule has 1 unspecified atom stereocenters. The third kappa shape index (κ3) is 3.30. The van der Waals surface area contributed by atoms with Crippen molar-refractivity contribution in [2.24, 2.45) is 0 Å². The van der Waals surface area contributed by atoms with E-state index < -0.39 is 0 Å². The molecule has 0 radical (unpaired) electrons. The Labute approximate surface area is 102 Å². The van der Waals surface area contributed by atoms with E-state index in [2.05, 4.69) is 20.8 Å². The lowest BCUT2D eigenvalue weighted by molar-refractivity contribution is 0.0476. The van der Waals surface area contributed by atoms with E-state index in [0.29, 0.717) is 18.8 Å². The van der Waals surface area contributed by atoms with E-state index in [1.54, 1.807) is 0 Å². The fourth-order valence-electron chi connectivity index (χ4n) is 1.52. The third-order valence-corrected chi connectivity index (χ3v) is 2.79. The molecule has 17 heavy (non-hydrogen) atoms. The molecule has 3 heteroatoms. The summed E-state index contributed by atoms with van der Waals surface area (Å²) < 4.78 is 10.1. The SMILES string of the molecule is CC(C)(C)c1ccc(C(=O)OCC2CO2)cc1. The molecule has 0 spiro atoms. The van der Waals surface area contributed by atoms with Crippen molar-refractivity contribution in [1.29, 1.82) is 0 Å². The summed E-state index contributed by atoms with van der Waals surface area (Å²) in [6.07, 6.45) is 0.118. The van der Waals surface area contributed by atoms with Crippen LogP contribution in [0.1, 0.15) is 36.7 Å². The molecule has 1 heterocycles. The summed E-state index contributed by atoms with van der Waals surface area (Å²) in [7, 11) is 0. The maximum Gasteiger partial charge on any atom is 0.338 e. The fraction of sp³-hybridized carbons (Fsp3) is 0.500. The summed E-state index contributed by atoms with van der Waals surface area (Å²) in [5.41, 5.74) is 1.91. The molecule has 0 aromatic heterocycles. The molecular weight excluding hydrogens is 216 g/mol. The lowest BCUT2D eigenvalue weighted by atomic mass is 9.87. The van der Waals surface area contributed by atoms with Gasteiger partial charge in [0.25, 0.3) is 0 Å². The average molecular weight is 234 g/mol. The highest BCUT2D eigenvalue weighted by molar-refractivity contribution is 5.89. The van der Waals surface area contributed by atoms with Crippen molar-refractivity contribution < 1.29 is 14.3 Å². The zero-order chi connectivity index (χ0) is 12.5. The fourth-order valence-corrected chi connectivity index (χ4v) is 1.52. The lowest BCUT2D eigenvalue weighted by Crippen LogP contribution is -2.13. The lowest BCUT2D eigenvalue weighted by Gasteiger charge is -2.18. The van der Waals surface area contributed by atoms with Crippen LogP contribution in [0, 0.1) is 0 Å². The van der Waals surface area contributed by atoms with Gasteiger partial charge in [-0.1, -0.05) is 32.9 Å². The minimum atomic E-state index is -0.277. The molecule has 0 amide bonds. The molecule has 92 valence electrons. The number of ether oxygens (including phenoxy) is 2. The van der Waals surface area contributed by atoms with Crippen molar-refractivity contribution in [3.8, 4) is 0 Å². The molecule has 1 aliphatic heterocycles. The highest BCUT2D eigenvalue weighted by Gasteiger charge is 2.24. The Morgan fingerprint density at radius 3 is 2.41 bits per heavy atom. The van der Waals surface area contributed by atoms with E-state index in [1.165, 1.54) is 5.56 Å². The van der Waals surface area contributed by atoms with E-state index in [4.69, 9.17) is 9.47 Å². The molecule has 3 nitrogen and oxygen atoms in total. The zero-order valence-corrected chi connectivity index (χ0v) is 10.5. The Bertz CT molecular complexity index is 396. The van der Waals surface area contributed by atoms with Crippen molar-refractivity contribution >= 4 is 5.97 Å². The Hall–Kier alpha value is -1.35. The van der Waals surface area contributed by atoms with Crippen LogP contribution in [-0.2, 0) is 14.9 Å². The number of rotatable bonds is 3. The number of hydrogen-bond acceptors (Lipinski definition) is 3. The topological polar surface area (TPSA) is 38.8 Å². The summed E-state index contributed by atoms with van der Waals surface area (Å²) in [4.78, 5) is 11.7. The molecule has 1 aromatic carbocycles. The van der Waals surface area contributed by atoms with Crippen LogP contribution in [0.4, 0.5) is 0 Å². The number of epoxide rings is 1. The van der Waals surface area contributed by atoms with Crippen molar-refractivity contribution in [2.45, 2.75) is 32.3 Å². The molecule has 2 rings (SSSR count). The second kappa shape index (κ2) is 4.49. The number of carbonyl (C=O) groups is 1. The van der Waals surface area contributed by atoms with Crippen LogP contribution < -0.4 is 0 Å². The number of benzene rings is 1. The van der Waals surface area contributed by atoms with E-state index in [-0.39, 0.29) is 17.5 Å². The standard InChI is InChI=1S/C14H18O3/c1-14(2,3)11-6-4-10(5-7-11)13(15)17-9-12-8-16-12/h4-7,12H,8-9H2,1-3H3. The molecule has 1 aliphatic rings. The average Bonchev–Trinajstić information content (AvgIpc) is 3.09. The molecule has 1 atom stereocenters. The molecule has 0 bridgehead atoms. The summed E-state index contributed by atoms with van der Waals surface area (Å²) >= 11 is 0. The van der Waals surface area contributed by atoms with E-state index in [0.717, 1.165) is 0 Å². The summed E-state index contributed by atoms with van der Waals surface area (Å²) in [5.74, 6) is -0.277. The predicted octanol–water partition coefficient (Wildman–Crippen LogP) is 2.54. The molecular formula is C14H18O3. The Morgan fingerprint density at radius 1 is 1.35 bits per heavy atom. The van der Waals surface area contributed by atoms with Gasteiger partial charge in [-0.15, -0.1) is 0 Å². The predicted molar refractivity (Wildman–Crippen MR) is 65.2 cm³/mol. The first-order chi connectivity index (χ1) is 7.97. The number of esters is 1. The van der Waals surface area contributed by atoms with Gasteiger partial charge in [-0.25, -0.2) is 4.79 Å². The van der Waals surface area contributed by atoms with E-state index >= 15 is 0 Å². The van der Waals surface area contributed by atoms with E-state index in [1.807, 2.05) is 24.3 Å². The molecule has 1 aromatic rings. The van der Waals surface area contributed by atoms with Gasteiger partial charge in [0.1, 0.15) is 12.7 Å². The Morgan fingerprint density at radius 2 is 1.94 bits per heavy atom. The van der Waals surface area contributed by atoms with Gasteiger partial charge in [0.2, 0.25) is 0 Å². The summed E-state index contributed by atoms with van der Waals surface area (Å²) in [5, 5.41) is 0. The van der Waals surface area contributed by atoms with Gasteiger partial charge in [0.05, 0.1) is 12.2 Å². The van der Waals surface area contributed by atoms with Gasteiger partial charge in [-0.3, -0.25) is 0 Å². The Kier molecular flexibility index (Phi) is 3.20. The zero-order valence-electron chi connectivity index (χ0n) is 10.5. The largest absolute Gasteiger partial charge is 0.459 e. The first-order valence-electron chi connectivity index (χ1n) is 5.86. The second-order valence-electron chi connectivity index (χ2n) is 5.38. The maximum atomic E-state index is 11.7. The van der Waals surface area contributed by atoms with Gasteiger partial charge in [0, 0.05) is 0 Å². The minimum absolute atomic E-state index is 0.101. The highest BCUT2D eigenvalue weighted by atomic mass is 16.6. The smallest absolute Gasteiger partial charge is 0.338 e. The van der Waals surface area contributed by atoms with Crippen LogP contribution in [0.5, 0.6) is 0 Å². The normalized spacial score (nSPS) is 18.9. The number of hydrogen-bond donors (Lipinski definition) is 0. The van der Waals surface area contributed by atoms with Crippen molar-refractivity contribution in [3.63, 3.8) is 0 Å². The molecule has 0 aliphatic carbocycles. The van der Waals surface area contributed by atoms with Gasteiger partial charge in [-0.2, -0.15) is 0 Å². The maximum absolute atomic E-state index is 11.7. The Balaban J connectivity index is 1.98. The summed E-state index contributed by atoms with van der Waals surface area (Å²) in [6, 6.07) is 7.59. The molecule has 1 fully saturated rings. The third-order valence-electron chi connectivity index (χ3n) is 2.79. The van der Waals surface area contributed by atoms with Crippen molar-refractivity contribution in [1.82, 2.24) is 0 Å². The van der Waals surface area contributed by atoms with Gasteiger partial charge in [0.15, 0.2) is 0 Å². The van der Waals surface area contributed by atoms with Crippen molar-refractivity contribution in [3.05, 3.63) is 35.4 Å².